The molecule has 0 aromatic heterocycles. The molecule has 20 heavy (non-hydrogen) atoms. The average Bonchev–Trinajstić information content (AvgIpc) is 2.36. The Labute approximate surface area is 131 Å². The van der Waals surface area contributed by atoms with Crippen LogP contribution in [0.25, 0.3) is 0 Å². The maximum absolute atomic E-state index is 13.1. The van der Waals surface area contributed by atoms with Crippen LogP contribution in [-0.2, 0) is 6.61 Å². The van der Waals surface area contributed by atoms with Crippen molar-refractivity contribution in [3.8, 4) is 5.75 Å². The molecule has 0 radical (unpaired) electrons. The van der Waals surface area contributed by atoms with Crippen LogP contribution in [0.5, 0.6) is 5.75 Å². The Morgan fingerprint density at radius 1 is 1.00 bits per heavy atom. The molecule has 104 valence electrons. The maximum atomic E-state index is 13.1. The van der Waals surface area contributed by atoms with Crippen molar-refractivity contribution in [2.24, 2.45) is 0 Å². The second-order valence-electron chi connectivity index (χ2n) is 4.00. The first-order chi connectivity index (χ1) is 9.49. The third-order valence-corrected chi connectivity index (χ3v) is 3.64. The second-order valence-corrected chi connectivity index (χ2v) is 5.71. The molecule has 0 bridgehead atoms. The molecule has 0 atom stereocenters. The van der Waals surface area contributed by atoms with E-state index in [1.165, 1.54) is 12.1 Å². The summed E-state index contributed by atoms with van der Waals surface area (Å²) in [6.07, 6.45) is 0.710. The molecule has 2 aromatic carbocycles. The molecule has 0 spiro atoms. The first-order valence-electron chi connectivity index (χ1n) is 5.51. The predicted molar refractivity (Wildman–Crippen MR) is 77.9 cm³/mol. The van der Waals surface area contributed by atoms with E-state index < -0.39 is 11.6 Å². The third kappa shape index (κ3) is 3.64. The first kappa shape index (κ1) is 15.1. The van der Waals surface area contributed by atoms with E-state index in [2.05, 4.69) is 31.9 Å². The molecule has 0 aliphatic carbocycles. The van der Waals surface area contributed by atoms with Gasteiger partial charge in [-0.25, -0.2) is 8.78 Å². The molecule has 0 aliphatic rings. The zero-order valence-corrected chi connectivity index (χ0v) is 13.2. The molecule has 0 heterocycles. The van der Waals surface area contributed by atoms with Crippen molar-refractivity contribution in [1.29, 1.82) is 0 Å². The van der Waals surface area contributed by atoms with E-state index in [9.17, 15) is 13.6 Å². The minimum absolute atomic E-state index is 0.00627. The molecule has 2 nitrogen and oxygen atoms in total. The summed E-state index contributed by atoms with van der Waals surface area (Å²) in [5, 5.41) is 0. The summed E-state index contributed by atoms with van der Waals surface area (Å²) in [6, 6.07) is 6.39. The molecule has 0 saturated carbocycles. The van der Waals surface area contributed by atoms with Gasteiger partial charge in [0, 0.05) is 11.6 Å². The van der Waals surface area contributed by atoms with E-state index in [-0.39, 0.29) is 6.61 Å². The van der Waals surface area contributed by atoms with E-state index in [4.69, 9.17) is 4.74 Å². The molecular formula is C14H8Br2F2O2. The van der Waals surface area contributed by atoms with Gasteiger partial charge in [0.25, 0.3) is 0 Å². The van der Waals surface area contributed by atoms with Crippen LogP contribution in [0.15, 0.2) is 39.3 Å². The average molecular weight is 406 g/mol. The molecule has 0 amide bonds. The normalized spacial score (nSPS) is 10.4. The van der Waals surface area contributed by atoms with Crippen molar-refractivity contribution in [1.82, 2.24) is 0 Å². The highest BCUT2D eigenvalue weighted by molar-refractivity contribution is 9.11. The number of aldehydes is 1. The van der Waals surface area contributed by atoms with E-state index in [1.54, 1.807) is 12.1 Å². The highest BCUT2D eigenvalue weighted by Crippen LogP contribution is 2.35. The number of rotatable bonds is 4. The standard InChI is InChI=1S/C14H8Br2F2O2/c15-12-3-8(6-19)4-13(16)14(12)20-7-9-1-10(17)5-11(18)2-9/h1-6H,7H2. The van der Waals surface area contributed by atoms with Gasteiger partial charge in [-0.2, -0.15) is 0 Å². The molecule has 0 N–H and O–H groups in total. The van der Waals surface area contributed by atoms with Crippen LogP contribution in [0.3, 0.4) is 0 Å². The second kappa shape index (κ2) is 6.45. The molecule has 0 unspecified atom stereocenters. The van der Waals surface area contributed by atoms with Gasteiger partial charge in [0.05, 0.1) is 8.95 Å². The lowest BCUT2D eigenvalue weighted by molar-refractivity contribution is 0.112. The summed E-state index contributed by atoms with van der Waals surface area (Å²) in [5.74, 6) is -0.851. The SMILES string of the molecule is O=Cc1cc(Br)c(OCc2cc(F)cc(F)c2)c(Br)c1. The van der Waals surface area contributed by atoms with Gasteiger partial charge in [-0.1, -0.05) is 0 Å². The summed E-state index contributed by atoms with van der Waals surface area (Å²) in [4.78, 5) is 10.7. The van der Waals surface area contributed by atoms with E-state index in [1.807, 2.05) is 0 Å². The van der Waals surface area contributed by atoms with Crippen LogP contribution in [-0.4, -0.2) is 6.29 Å². The van der Waals surface area contributed by atoms with Gasteiger partial charge in [-0.15, -0.1) is 0 Å². The van der Waals surface area contributed by atoms with Crippen LogP contribution >= 0.6 is 31.9 Å². The van der Waals surface area contributed by atoms with Crippen molar-refractivity contribution in [2.45, 2.75) is 6.61 Å². The minimum atomic E-state index is -0.655. The Balaban J connectivity index is 2.20. The largest absolute Gasteiger partial charge is 0.487 e. The van der Waals surface area contributed by atoms with E-state index in [0.29, 0.717) is 32.1 Å². The molecular weight excluding hydrogens is 398 g/mol. The fraction of sp³-hybridized carbons (Fsp3) is 0.0714. The number of ether oxygens (including phenoxy) is 1. The lowest BCUT2D eigenvalue weighted by atomic mass is 10.2. The van der Waals surface area contributed by atoms with Crippen molar-refractivity contribution < 1.29 is 18.3 Å². The zero-order valence-electron chi connectivity index (χ0n) is 10.00. The summed E-state index contributed by atoms with van der Waals surface area (Å²) in [7, 11) is 0. The van der Waals surface area contributed by atoms with E-state index >= 15 is 0 Å². The van der Waals surface area contributed by atoms with Gasteiger partial charge in [0.2, 0.25) is 0 Å². The number of benzene rings is 2. The lowest BCUT2D eigenvalue weighted by Gasteiger charge is -2.11. The molecule has 6 heteroatoms. The van der Waals surface area contributed by atoms with Gasteiger partial charge in [0.15, 0.2) is 0 Å². The number of carbonyl (C=O) groups excluding carboxylic acids is 1. The highest BCUT2D eigenvalue weighted by Gasteiger charge is 2.10. The zero-order chi connectivity index (χ0) is 14.7. The monoisotopic (exact) mass is 404 g/mol. The molecule has 0 saturated heterocycles. The number of carbonyl (C=O) groups is 1. The van der Waals surface area contributed by atoms with Crippen LogP contribution in [0.4, 0.5) is 8.78 Å². The lowest BCUT2D eigenvalue weighted by Crippen LogP contribution is -1.99. The summed E-state index contributed by atoms with van der Waals surface area (Å²) in [6.45, 7) is 0.00627. The van der Waals surface area contributed by atoms with Crippen LogP contribution < -0.4 is 4.74 Å². The third-order valence-electron chi connectivity index (χ3n) is 2.46. The Bertz CT molecular complexity index is 616. The van der Waals surface area contributed by atoms with Gasteiger partial charge in [-0.3, -0.25) is 4.79 Å². The topological polar surface area (TPSA) is 26.3 Å². The maximum Gasteiger partial charge on any atom is 0.150 e. The van der Waals surface area contributed by atoms with Gasteiger partial charge < -0.3 is 4.74 Å². The minimum Gasteiger partial charge on any atom is -0.487 e. The molecule has 2 rings (SSSR count). The highest BCUT2D eigenvalue weighted by atomic mass is 79.9. The number of hydrogen-bond donors (Lipinski definition) is 0. The van der Waals surface area contributed by atoms with Gasteiger partial charge in [0.1, 0.15) is 30.3 Å². The number of hydrogen-bond acceptors (Lipinski definition) is 2. The Kier molecular flexibility index (Phi) is 4.88. The Hall–Kier alpha value is -1.27. The summed E-state index contributed by atoms with van der Waals surface area (Å²) >= 11 is 6.56. The molecule has 2 aromatic rings. The van der Waals surface area contributed by atoms with Crippen LogP contribution in [0.1, 0.15) is 15.9 Å². The quantitative estimate of drug-likeness (QED) is 0.677. The van der Waals surface area contributed by atoms with Crippen molar-refractivity contribution in [3.63, 3.8) is 0 Å². The summed E-state index contributed by atoms with van der Waals surface area (Å²) in [5.41, 5.74) is 0.855. The van der Waals surface area contributed by atoms with E-state index in [0.717, 1.165) is 6.07 Å². The van der Waals surface area contributed by atoms with Crippen LogP contribution in [0, 0.1) is 11.6 Å². The molecule has 0 aliphatic heterocycles. The predicted octanol–water partition coefficient (Wildman–Crippen LogP) is 4.88. The number of halogens is 4. The Morgan fingerprint density at radius 3 is 2.05 bits per heavy atom. The van der Waals surface area contributed by atoms with Crippen molar-refractivity contribution in [3.05, 3.63) is 62.0 Å². The fourth-order valence-electron chi connectivity index (χ4n) is 1.64. The van der Waals surface area contributed by atoms with Crippen LogP contribution in [0.2, 0.25) is 0 Å². The van der Waals surface area contributed by atoms with Crippen molar-refractivity contribution >= 4 is 38.1 Å². The summed E-state index contributed by atoms with van der Waals surface area (Å²) < 4.78 is 32.8. The smallest absolute Gasteiger partial charge is 0.150 e. The first-order valence-corrected chi connectivity index (χ1v) is 7.10. The van der Waals surface area contributed by atoms with Gasteiger partial charge in [-0.05, 0) is 61.7 Å². The Morgan fingerprint density at radius 2 is 1.55 bits per heavy atom. The van der Waals surface area contributed by atoms with Crippen molar-refractivity contribution in [2.75, 3.05) is 0 Å². The van der Waals surface area contributed by atoms with Gasteiger partial charge >= 0.3 is 0 Å². The molecule has 0 fully saturated rings. The fourth-order valence-corrected chi connectivity index (χ4v) is 3.09.